The fourth-order valence-corrected chi connectivity index (χ4v) is 3.15. The summed E-state index contributed by atoms with van der Waals surface area (Å²) in [7, 11) is 0. The lowest BCUT2D eigenvalue weighted by atomic mass is 10.1. The van der Waals surface area contributed by atoms with Gasteiger partial charge < -0.3 is 14.3 Å². The third-order valence-corrected chi connectivity index (χ3v) is 4.28. The smallest absolute Gasteiger partial charge is 0.308 e. The topological polar surface area (TPSA) is 92.9 Å². The molecule has 0 spiro atoms. The van der Waals surface area contributed by atoms with Crippen LogP contribution in [0.25, 0.3) is 22.2 Å². The molecule has 0 radical (unpaired) electrons. The predicted octanol–water partition coefficient (Wildman–Crippen LogP) is 3.25. The van der Waals surface area contributed by atoms with Crippen LogP contribution in [-0.2, 0) is 9.59 Å². The number of nitrogens with zero attached hydrogens (tertiary/aromatic N) is 2. The molecule has 3 heterocycles. The Morgan fingerprint density at radius 2 is 2.12 bits per heavy atom. The summed E-state index contributed by atoms with van der Waals surface area (Å²) in [5.74, 6) is -1.01. The maximum atomic E-state index is 12.1. The van der Waals surface area contributed by atoms with Crippen molar-refractivity contribution in [3.63, 3.8) is 0 Å². The van der Waals surface area contributed by atoms with Crippen molar-refractivity contribution >= 4 is 28.7 Å². The number of amides is 1. The molecule has 0 unspecified atom stereocenters. The van der Waals surface area contributed by atoms with E-state index in [0.717, 1.165) is 10.9 Å². The van der Waals surface area contributed by atoms with Gasteiger partial charge in [0, 0.05) is 37.0 Å². The summed E-state index contributed by atoms with van der Waals surface area (Å²) in [6.45, 7) is 1.67. The molecule has 0 bridgehead atoms. The Kier molecular flexibility index (Phi) is 3.84. The van der Waals surface area contributed by atoms with Crippen LogP contribution in [0, 0.1) is 0 Å². The number of fused-ring (bicyclic) bond motifs is 1. The lowest BCUT2D eigenvalue weighted by molar-refractivity contribution is -0.132. The number of hydrogen-bond acceptors (Lipinski definition) is 6. The van der Waals surface area contributed by atoms with E-state index in [4.69, 9.17) is 9.15 Å². The fourth-order valence-electron chi connectivity index (χ4n) is 3.15. The molecule has 1 N–H and O–H groups in total. The van der Waals surface area contributed by atoms with Crippen molar-refractivity contribution in [2.75, 3.05) is 11.4 Å². The maximum Gasteiger partial charge on any atom is 0.308 e. The van der Waals surface area contributed by atoms with Crippen molar-refractivity contribution in [3.05, 3.63) is 36.5 Å². The Morgan fingerprint density at radius 1 is 1.31 bits per heavy atom. The SMILES string of the molecule is CC(=O)Oc1c(N2CCCC2=O)oc(-c2ccnc3ccccc23)c1O. The second-order valence-corrected chi connectivity index (χ2v) is 6.03. The van der Waals surface area contributed by atoms with E-state index in [-0.39, 0.29) is 29.1 Å². The Morgan fingerprint density at radius 3 is 2.85 bits per heavy atom. The summed E-state index contributed by atoms with van der Waals surface area (Å²) < 4.78 is 11.0. The van der Waals surface area contributed by atoms with Crippen LogP contribution < -0.4 is 9.64 Å². The van der Waals surface area contributed by atoms with E-state index in [1.807, 2.05) is 24.3 Å². The molecule has 0 saturated carbocycles. The molecule has 4 rings (SSSR count). The molecule has 1 fully saturated rings. The van der Waals surface area contributed by atoms with Crippen molar-refractivity contribution in [1.82, 2.24) is 4.98 Å². The van der Waals surface area contributed by atoms with Gasteiger partial charge in [-0.25, -0.2) is 0 Å². The standard InChI is InChI=1S/C19H16N2O5/c1-11(22)25-18-16(24)17(26-19(18)21-10-4-7-15(21)23)13-8-9-20-14-6-3-2-5-12(13)14/h2-3,5-6,8-9,24H,4,7,10H2,1H3. The third-order valence-electron chi connectivity index (χ3n) is 4.28. The zero-order chi connectivity index (χ0) is 18.3. The summed E-state index contributed by atoms with van der Waals surface area (Å²) in [6, 6.07) is 9.11. The summed E-state index contributed by atoms with van der Waals surface area (Å²) in [6.07, 6.45) is 2.66. The van der Waals surface area contributed by atoms with Gasteiger partial charge in [-0.1, -0.05) is 18.2 Å². The van der Waals surface area contributed by atoms with Gasteiger partial charge in [0.1, 0.15) is 0 Å². The first-order valence-electron chi connectivity index (χ1n) is 8.25. The summed E-state index contributed by atoms with van der Waals surface area (Å²) >= 11 is 0. The number of hydrogen-bond donors (Lipinski definition) is 1. The summed E-state index contributed by atoms with van der Waals surface area (Å²) in [5, 5.41) is 11.5. The number of anilines is 1. The molecule has 7 heteroatoms. The average molecular weight is 352 g/mol. The fraction of sp³-hybridized carbons (Fsp3) is 0.211. The summed E-state index contributed by atoms with van der Waals surface area (Å²) in [5.41, 5.74) is 1.33. The molecule has 132 valence electrons. The number of rotatable bonds is 3. The normalized spacial score (nSPS) is 14.2. The molecule has 26 heavy (non-hydrogen) atoms. The van der Waals surface area contributed by atoms with Crippen LogP contribution in [-0.4, -0.2) is 28.5 Å². The van der Waals surface area contributed by atoms with E-state index >= 15 is 0 Å². The van der Waals surface area contributed by atoms with Crippen LogP contribution in [0.2, 0.25) is 0 Å². The van der Waals surface area contributed by atoms with E-state index in [1.54, 1.807) is 12.3 Å². The Hall–Kier alpha value is -3.35. The van der Waals surface area contributed by atoms with E-state index in [0.29, 0.717) is 24.9 Å². The van der Waals surface area contributed by atoms with Gasteiger partial charge in [0.05, 0.1) is 5.52 Å². The number of pyridine rings is 1. The van der Waals surface area contributed by atoms with Gasteiger partial charge in [-0.3, -0.25) is 19.5 Å². The molecule has 3 aromatic rings. The molecule has 2 aromatic heterocycles. The number of furan rings is 1. The van der Waals surface area contributed by atoms with Crippen molar-refractivity contribution in [2.45, 2.75) is 19.8 Å². The highest BCUT2D eigenvalue weighted by Crippen LogP contribution is 2.49. The number of carbonyl (C=O) groups excluding carboxylic acids is 2. The van der Waals surface area contributed by atoms with Gasteiger partial charge in [0.15, 0.2) is 5.76 Å². The Balaban J connectivity index is 1.93. The quantitative estimate of drug-likeness (QED) is 0.727. The van der Waals surface area contributed by atoms with Crippen molar-refractivity contribution in [1.29, 1.82) is 0 Å². The molecule has 1 aromatic carbocycles. The minimum Gasteiger partial charge on any atom is -0.502 e. The van der Waals surface area contributed by atoms with E-state index in [1.165, 1.54) is 11.8 Å². The Labute approximate surface area is 148 Å². The molecule has 1 saturated heterocycles. The van der Waals surface area contributed by atoms with Crippen LogP contribution in [0.5, 0.6) is 11.5 Å². The van der Waals surface area contributed by atoms with Crippen LogP contribution in [0.3, 0.4) is 0 Å². The monoisotopic (exact) mass is 352 g/mol. The van der Waals surface area contributed by atoms with Gasteiger partial charge in [-0.15, -0.1) is 0 Å². The second kappa shape index (κ2) is 6.18. The number of carbonyl (C=O) groups is 2. The van der Waals surface area contributed by atoms with Gasteiger partial charge >= 0.3 is 5.97 Å². The number of ether oxygens (including phenoxy) is 1. The zero-order valence-corrected chi connectivity index (χ0v) is 14.1. The minimum absolute atomic E-state index is 0.0519. The number of benzene rings is 1. The molecule has 1 aliphatic rings. The molecular weight excluding hydrogens is 336 g/mol. The van der Waals surface area contributed by atoms with Crippen LogP contribution >= 0.6 is 0 Å². The molecule has 1 amide bonds. The first-order valence-corrected chi connectivity index (χ1v) is 8.25. The lowest BCUT2D eigenvalue weighted by Gasteiger charge is -2.13. The van der Waals surface area contributed by atoms with Crippen molar-refractivity contribution in [2.24, 2.45) is 0 Å². The highest BCUT2D eigenvalue weighted by Gasteiger charge is 2.33. The molecular formula is C19H16N2O5. The maximum absolute atomic E-state index is 12.1. The number of para-hydroxylation sites is 1. The first kappa shape index (κ1) is 16.1. The Bertz CT molecular complexity index is 1020. The van der Waals surface area contributed by atoms with E-state index in [2.05, 4.69) is 4.98 Å². The van der Waals surface area contributed by atoms with Crippen molar-refractivity contribution in [3.8, 4) is 22.8 Å². The molecule has 0 atom stereocenters. The van der Waals surface area contributed by atoms with Crippen molar-refractivity contribution < 1.29 is 23.8 Å². The number of aromatic nitrogens is 1. The van der Waals surface area contributed by atoms with Crippen LogP contribution in [0.15, 0.2) is 40.9 Å². The minimum atomic E-state index is -0.611. The first-order chi connectivity index (χ1) is 12.6. The second-order valence-electron chi connectivity index (χ2n) is 6.03. The largest absolute Gasteiger partial charge is 0.502 e. The predicted molar refractivity (Wildman–Crippen MR) is 94.0 cm³/mol. The summed E-state index contributed by atoms with van der Waals surface area (Å²) in [4.78, 5) is 29.3. The van der Waals surface area contributed by atoms with Crippen LogP contribution in [0.1, 0.15) is 19.8 Å². The van der Waals surface area contributed by atoms with Gasteiger partial charge in [0.2, 0.25) is 17.4 Å². The average Bonchev–Trinajstić information content (AvgIpc) is 3.18. The highest BCUT2D eigenvalue weighted by atomic mass is 16.6. The number of aromatic hydroxyl groups is 1. The lowest BCUT2D eigenvalue weighted by Crippen LogP contribution is -2.24. The van der Waals surface area contributed by atoms with E-state index in [9.17, 15) is 14.7 Å². The van der Waals surface area contributed by atoms with Gasteiger partial charge in [-0.05, 0) is 18.6 Å². The molecule has 0 aliphatic carbocycles. The number of esters is 1. The third kappa shape index (κ3) is 2.57. The van der Waals surface area contributed by atoms with Gasteiger partial charge in [-0.2, -0.15) is 0 Å². The highest BCUT2D eigenvalue weighted by molar-refractivity contribution is 5.99. The van der Waals surface area contributed by atoms with Crippen LogP contribution in [0.4, 0.5) is 5.88 Å². The molecule has 1 aliphatic heterocycles. The zero-order valence-electron chi connectivity index (χ0n) is 14.1. The van der Waals surface area contributed by atoms with Gasteiger partial charge in [0.25, 0.3) is 5.88 Å². The van der Waals surface area contributed by atoms with E-state index < -0.39 is 5.97 Å². The molecule has 7 nitrogen and oxygen atoms in total.